The van der Waals surface area contributed by atoms with Gasteiger partial charge in [-0.15, -0.1) is 0 Å². The van der Waals surface area contributed by atoms with Crippen molar-refractivity contribution in [3.63, 3.8) is 0 Å². The standard InChI is InChI=1S/C14H10F3NO2/c15-14(16,17)13(12-3-1-2-8-18-12)20-11-6-4-10(9-19)5-7-11/h1-9,13H. The van der Waals surface area contributed by atoms with Crippen LogP contribution in [0, 0.1) is 0 Å². The Morgan fingerprint density at radius 2 is 1.80 bits per heavy atom. The van der Waals surface area contributed by atoms with E-state index in [9.17, 15) is 18.0 Å². The maximum Gasteiger partial charge on any atom is 0.431 e. The fourth-order valence-electron chi connectivity index (χ4n) is 1.59. The van der Waals surface area contributed by atoms with Crippen molar-refractivity contribution in [2.24, 2.45) is 0 Å². The molecule has 3 nitrogen and oxygen atoms in total. The van der Waals surface area contributed by atoms with Crippen LogP contribution in [0.4, 0.5) is 13.2 Å². The van der Waals surface area contributed by atoms with E-state index < -0.39 is 12.3 Å². The normalized spacial score (nSPS) is 12.8. The number of aromatic nitrogens is 1. The molecular weight excluding hydrogens is 271 g/mol. The molecule has 6 heteroatoms. The molecular formula is C14H10F3NO2. The van der Waals surface area contributed by atoms with E-state index in [1.807, 2.05) is 0 Å². The van der Waals surface area contributed by atoms with E-state index in [0.29, 0.717) is 11.8 Å². The van der Waals surface area contributed by atoms with Crippen molar-refractivity contribution in [1.29, 1.82) is 0 Å². The topological polar surface area (TPSA) is 39.2 Å². The lowest BCUT2D eigenvalue weighted by Crippen LogP contribution is -2.26. The van der Waals surface area contributed by atoms with Crippen molar-refractivity contribution < 1.29 is 22.7 Å². The van der Waals surface area contributed by atoms with Crippen molar-refractivity contribution >= 4 is 6.29 Å². The SMILES string of the molecule is O=Cc1ccc(OC(c2ccccn2)C(F)(F)F)cc1. The molecule has 1 aromatic heterocycles. The molecule has 0 N–H and O–H groups in total. The van der Waals surface area contributed by atoms with Crippen LogP contribution in [0.1, 0.15) is 22.2 Å². The summed E-state index contributed by atoms with van der Waals surface area (Å²) >= 11 is 0. The van der Waals surface area contributed by atoms with Crippen molar-refractivity contribution in [3.8, 4) is 5.75 Å². The third kappa shape index (κ3) is 3.34. The lowest BCUT2D eigenvalue weighted by atomic mass is 10.2. The number of aldehydes is 1. The van der Waals surface area contributed by atoms with Gasteiger partial charge >= 0.3 is 6.18 Å². The van der Waals surface area contributed by atoms with Gasteiger partial charge in [0.2, 0.25) is 6.10 Å². The summed E-state index contributed by atoms with van der Waals surface area (Å²) in [5.74, 6) is 0.0172. The number of ether oxygens (including phenoxy) is 1. The van der Waals surface area contributed by atoms with Gasteiger partial charge in [-0.05, 0) is 36.4 Å². The van der Waals surface area contributed by atoms with E-state index in [1.165, 1.54) is 48.7 Å². The molecule has 0 bridgehead atoms. The molecule has 0 saturated carbocycles. The average molecular weight is 281 g/mol. The fourth-order valence-corrected chi connectivity index (χ4v) is 1.59. The third-order valence-electron chi connectivity index (χ3n) is 2.52. The molecule has 2 aromatic rings. The molecule has 1 unspecified atom stereocenters. The van der Waals surface area contributed by atoms with Gasteiger partial charge in [0.15, 0.2) is 0 Å². The first-order valence-electron chi connectivity index (χ1n) is 5.70. The second-order valence-corrected chi connectivity index (χ2v) is 3.98. The van der Waals surface area contributed by atoms with Crippen molar-refractivity contribution in [2.45, 2.75) is 12.3 Å². The third-order valence-corrected chi connectivity index (χ3v) is 2.52. The molecule has 1 atom stereocenters. The predicted molar refractivity (Wildman–Crippen MR) is 65.5 cm³/mol. The van der Waals surface area contributed by atoms with Gasteiger partial charge in [0.1, 0.15) is 12.0 Å². The molecule has 0 radical (unpaired) electrons. The number of nitrogens with zero attached hydrogens (tertiary/aromatic N) is 1. The minimum Gasteiger partial charge on any atom is -0.475 e. The van der Waals surface area contributed by atoms with Crippen LogP contribution in [0.25, 0.3) is 0 Å². The molecule has 0 aliphatic carbocycles. The molecule has 0 spiro atoms. The molecule has 0 aliphatic heterocycles. The van der Waals surface area contributed by atoms with Crippen LogP contribution in [0.2, 0.25) is 0 Å². The van der Waals surface area contributed by atoms with E-state index in [2.05, 4.69) is 4.98 Å². The van der Waals surface area contributed by atoms with Crippen LogP contribution in [-0.2, 0) is 0 Å². The van der Waals surface area contributed by atoms with E-state index in [1.54, 1.807) is 0 Å². The van der Waals surface area contributed by atoms with Crippen LogP contribution in [0.15, 0.2) is 48.7 Å². The average Bonchev–Trinajstić information content (AvgIpc) is 2.45. The Balaban J connectivity index is 2.26. The highest BCUT2D eigenvalue weighted by Crippen LogP contribution is 2.35. The zero-order chi connectivity index (χ0) is 14.6. The molecule has 1 heterocycles. The number of pyridine rings is 1. The van der Waals surface area contributed by atoms with Crippen LogP contribution < -0.4 is 4.74 Å². The zero-order valence-corrected chi connectivity index (χ0v) is 10.2. The summed E-state index contributed by atoms with van der Waals surface area (Å²) in [5, 5.41) is 0. The summed E-state index contributed by atoms with van der Waals surface area (Å²) in [4.78, 5) is 14.2. The Kier molecular flexibility index (Phi) is 4.02. The van der Waals surface area contributed by atoms with E-state index in [4.69, 9.17) is 4.74 Å². The summed E-state index contributed by atoms with van der Waals surface area (Å²) in [7, 11) is 0. The quantitative estimate of drug-likeness (QED) is 0.804. The minimum absolute atomic E-state index is 0.0172. The molecule has 0 saturated heterocycles. The second-order valence-electron chi connectivity index (χ2n) is 3.98. The van der Waals surface area contributed by atoms with Gasteiger partial charge in [-0.2, -0.15) is 13.2 Å². The lowest BCUT2D eigenvalue weighted by molar-refractivity contribution is -0.199. The monoisotopic (exact) mass is 281 g/mol. The van der Waals surface area contributed by atoms with E-state index in [0.717, 1.165) is 0 Å². The number of benzene rings is 1. The zero-order valence-electron chi connectivity index (χ0n) is 10.2. The summed E-state index contributed by atoms with van der Waals surface area (Å²) in [6.45, 7) is 0. The first kappa shape index (κ1) is 14.0. The van der Waals surface area contributed by atoms with E-state index >= 15 is 0 Å². The highest BCUT2D eigenvalue weighted by Gasteiger charge is 2.44. The Bertz CT molecular complexity index is 567. The lowest BCUT2D eigenvalue weighted by Gasteiger charge is -2.21. The van der Waals surface area contributed by atoms with Crippen LogP contribution in [-0.4, -0.2) is 17.4 Å². The molecule has 1 aromatic carbocycles. The summed E-state index contributed by atoms with van der Waals surface area (Å²) in [6.07, 6.45) is -4.86. The van der Waals surface area contributed by atoms with Gasteiger partial charge in [-0.3, -0.25) is 9.78 Å². The van der Waals surface area contributed by atoms with E-state index in [-0.39, 0.29) is 11.4 Å². The highest BCUT2D eigenvalue weighted by molar-refractivity contribution is 5.74. The van der Waals surface area contributed by atoms with Crippen LogP contribution >= 0.6 is 0 Å². The molecule has 0 amide bonds. The molecule has 0 aliphatic rings. The van der Waals surface area contributed by atoms with Crippen molar-refractivity contribution in [1.82, 2.24) is 4.98 Å². The molecule has 2 rings (SSSR count). The van der Waals surface area contributed by atoms with Crippen molar-refractivity contribution in [3.05, 3.63) is 59.9 Å². The number of carbonyl (C=O) groups excluding carboxylic acids is 1. The van der Waals surface area contributed by atoms with Crippen LogP contribution in [0.3, 0.4) is 0 Å². The molecule has 0 fully saturated rings. The van der Waals surface area contributed by atoms with Gasteiger partial charge < -0.3 is 4.74 Å². The molecule has 104 valence electrons. The summed E-state index contributed by atoms with van der Waals surface area (Å²) in [5.41, 5.74) is 0.137. The minimum atomic E-state index is -4.59. The number of carbonyl (C=O) groups is 1. The smallest absolute Gasteiger partial charge is 0.431 e. The number of halogens is 3. The second kappa shape index (κ2) is 5.73. The van der Waals surface area contributed by atoms with Gasteiger partial charge in [0.05, 0.1) is 5.69 Å². The number of hydrogen-bond acceptors (Lipinski definition) is 3. The van der Waals surface area contributed by atoms with Gasteiger partial charge in [-0.25, -0.2) is 0 Å². The number of rotatable bonds is 4. The maximum absolute atomic E-state index is 13.0. The first-order valence-corrected chi connectivity index (χ1v) is 5.70. The fraction of sp³-hybridized carbons (Fsp3) is 0.143. The van der Waals surface area contributed by atoms with Crippen molar-refractivity contribution in [2.75, 3.05) is 0 Å². The largest absolute Gasteiger partial charge is 0.475 e. The Labute approximate surface area is 113 Å². The van der Waals surface area contributed by atoms with Gasteiger partial charge in [0.25, 0.3) is 0 Å². The summed E-state index contributed by atoms with van der Waals surface area (Å²) < 4.78 is 44.0. The predicted octanol–water partition coefficient (Wildman–Crippen LogP) is 3.58. The number of hydrogen-bond donors (Lipinski definition) is 0. The van der Waals surface area contributed by atoms with Gasteiger partial charge in [-0.1, -0.05) is 6.07 Å². The summed E-state index contributed by atoms with van der Waals surface area (Å²) in [6, 6.07) is 9.62. The Morgan fingerprint density at radius 3 is 2.30 bits per heavy atom. The number of alkyl halides is 3. The maximum atomic E-state index is 13.0. The first-order chi connectivity index (χ1) is 9.50. The Hall–Kier alpha value is -2.37. The molecule has 20 heavy (non-hydrogen) atoms. The van der Waals surface area contributed by atoms with Crippen LogP contribution in [0.5, 0.6) is 5.75 Å². The highest BCUT2D eigenvalue weighted by atomic mass is 19.4. The Morgan fingerprint density at radius 1 is 1.10 bits per heavy atom. The van der Waals surface area contributed by atoms with Gasteiger partial charge in [0, 0.05) is 11.8 Å².